The summed E-state index contributed by atoms with van der Waals surface area (Å²) in [5.74, 6) is -0.365. The average Bonchev–Trinajstić information content (AvgIpc) is 2.65. The van der Waals surface area contributed by atoms with Crippen molar-refractivity contribution in [1.29, 1.82) is 0 Å². The molecule has 1 N–H and O–H groups in total. The van der Waals surface area contributed by atoms with Crippen molar-refractivity contribution in [2.45, 2.75) is 6.18 Å². The van der Waals surface area contributed by atoms with E-state index in [0.29, 0.717) is 0 Å². The van der Waals surface area contributed by atoms with E-state index in [1.807, 2.05) is 0 Å². The zero-order valence-corrected chi connectivity index (χ0v) is 16.8. The molecule has 0 saturated heterocycles. The topological polar surface area (TPSA) is 84.9 Å². The Bertz CT molecular complexity index is 1010. The Morgan fingerprint density at radius 3 is 2.00 bits per heavy atom. The molecule has 0 spiro atoms. The third-order valence-corrected chi connectivity index (χ3v) is 5.24. The lowest BCUT2D eigenvalue weighted by atomic mass is 10.1. The molecule has 0 atom stereocenters. The minimum Gasteiger partial charge on any atom is -0.493 e. The number of anilines is 2. The van der Waals surface area contributed by atoms with Crippen molar-refractivity contribution < 1.29 is 35.9 Å². The number of carbonyl (C=O) groups is 1. The Hall–Kier alpha value is -2.95. The Balaban J connectivity index is 2.47. The zero-order chi connectivity index (χ0) is 22.0. The SMILES string of the molecule is COc1cc(C(=O)Nc2ccc(C(F)(F)F)cc2)c(N(C)S(C)(=O)=O)cc1OC. The number of methoxy groups -OCH3 is 2. The van der Waals surface area contributed by atoms with Gasteiger partial charge >= 0.3 is 6.18 Å². The van der Waals surface area contributed by atoms with Gasteiger partial charge in [0.1, 0.15) is 0 Å². The van der Waals surface area contributed by atoms with Crippen molar-refractivity contribution in [3.05, 3.63) is 47.5 Å². The summed E-state index contributed by atoms with van der Waals surface area (Å²) in [7, 11) is 0.230. The van der Waals surface area contributed by atoms with Crippen LogP contribution in [0, 0.1) is 0 Å². The van der Waals surface area contributed by atoms with E-state index in [-0.39, 0.29) is 28.4 Å². The Kier molecular flexibility index (Phi) is 6.31. The summed E-state index contributed by atoms with van der Waals surface area (Å²) >= 11 is 0. The third kappa shape index (κ3) is 5.11. The summed E-state index contributed by atoms with van der Waals surface area (Å²) in [4.78, 5) is 12.8. The van der Waals surface area contributed by atoms with Crippen LogP contribution in [0.1, 0.15) is 15.9 Å². The smallest absolute Gasteiger partial charge is 0.416 e. The molecule has 0 bridgehead atoms. The molecule has 1 amide bonds. The second-order valence-corrected chi connectivity index (χ2v) is 8.00. The largest absolute Gasteiger partial charge is 0.493 e. The highest BCUT2D eigenvalue weighted by molar-refractivity contribution is 7.92. The number of hydrogen-bond acceptors (Lipinski definition) is 5. The number of rotatable bonds is 6. The first-order chi connectivity index (χ1) is 13.4. The number of halogens is 3. The van der Waals surface area contributed by atoms with Crippen molar-refractivity contribution in [3.63, 3.8) is 0 Å². The lowest BCUT2D eigenvalue weighted by Crippen LogP contribution is -2.28. The Labute approximate surface area is 166 Å². The van der Waals surface area contributed by atoms with Gasteiger partial charge in [0.2, 0.25) is 10.0 Å². The van der Waals surface area contributed by atoms with E-state index < -0.39 is 27.7 Å². The molecule has 158 valence electrons. The van der Waals surface area contributed by atoms with E-state index in [0.717, 1.165) is 34.8 Å². The molecule has 0 aliphatic rings. The van der Waals surface area contributed by atoms with Crippen LogP contribution in [0.25, 0.3) is 0 Å². The van der Waals surface area contributed by atoms with Crippen LogP contribution in [0.15, 0.2) is 36.4 Å². The summed E-state index contributed by atoms with van der Waals surface area (Å²) in [5, 5.41) is 2.45. The summed E-state index contributed by atoms with van der Waals surface area (Å²) in [6.45, 7) is 0. The summed E-state index contributed by atoms with van der Waals surface area (Å²) in [5.41, 5.74) is -0.824. The van der Waals surface area contributed by atoms with Gasteiger partial charge in [-0.2, -0.15) is 13.2 Å². The number of sulfonamides is 1. The number of hydrogen-bond donors (Lipinski definition) is 1. The number of carbonyl (C=O) groups excluding carboxylic acids is 1. The standard InChI is InChI=1S/C18H19F3N2O5S/c1-23(29(4,25)26)14-10-16(28-3)15(27-2)9-13(14)17(24)22-12-7-5-11(6-8-12)18(19,20)21/h5-10H,1-4H3,(H,22,24). The van der Waals surface area contributed by atoms with Crippen LogP contribution in [0.3, 0.4) is 0 Å². The lowest BCUT2D eigenvalue weighted by Gasteiger charge is -2.22. The summed E-state index contributed by atoms with van der Waals surface area (Å²) in [6.07, 6.45) is -3.54. The number of nitrogens with zero attached hydrogens (tertiary/aromatic N) is 1. The van der Waals surface area contributed by atoms with Crippen LogP contribution in [-0.4, -0.2) is 41.8 Å². The van der Waals surface area contributed by atoms with Gasteiger partial charge < -0.3 is 14.8 Å². The van der Waals surface area contributed by atoms with Gasteiger partial charge in [0, 0.05) is 18.8 Å². The highest BCUT2D eigenvalue weighted by Crippen LogP contribution is 2.36. The fraction of sp³-hybridized carbons (Fsp3) is 0.278. The molecule has 0 heterocycles. The van der Waals surface area contributed by atoms with E-state index in [2.05, 4.69) is 5.32 Å². The van der Waals surface area contributed by atoms with E-state index >= 15 is 0 Å². The minimum atomic E-state index is -4.50. The second-order valence-electron chi connectivity index (χ2n) is 5.98. The average molecular weight is 432 g/mol. The van der Waals surface area contributed by atoms with Gasteiger partial charge in [0.05, 0.1) is 37.3 Å². The molecule has 0 unspecified atom stereocenters. The molecule has 11 heteroatoms. The normalized spacial score (nSPS) is 11.7. The maximum atomic E-state index is 12.8. The van der Waals surface area contributed by atoms with Gasteiger partial charge in [-0.15, -0.1) is 0 Å². The molecule has 0 aliphatic heterocycles. The van der Waals surface area contributed by atoms with Crippen molar-refractivity contribution in [2.24, 2.45) is 0 Å². The van der Waals surface area contributed by atoms with Crippen LogP contribution < -0.4 is 19.1 Å². The molecular weight excluding hydrogens is 413 g/mol. The van der Waals surface area contributed by atoms with Gasteiger partial charge in [0.15, 0.2) is 11.5 Å². The van der Waals surface area contributed by atoms with Crippen LogP contribution in [0.4, 0.5) is 24.5 Å². The van der Waals surface area contributed by atoms with Gasteiger partial charge in [-0.3, -0.25) is 9.10 Å². The maximum absolute atomic E-state index is 12.8. The minimum absolute atomic E-state index is 0.00885. The van der Waals surface area contributed by atoms with Crippen LogP contribution in [0.2, 0.25) is 0 Å². The maximum Gasteiger partial charge on any atom is 0.416 e. The van der Waals surface area contributed by atoms with Gasteiger partial charge in [0.25, 0.3) is 5.91 Å². The molecule has 2 aromatic rings. The monoisotopic (exact) mass is 432 g/mol. The molecule has 2 rings (SSSR count). The van der Waals surface area contributed by atoms with E-state index in [9.17, 15) is 26.4 Å². The van der Waals surface area contributed by atoms with Crippen LogP contribution >= 0.6 is 0 Å². The Morgan fingerprint density at radius 1 is 1.03 bits per heavy atom. The van der Waals surface area contributed by atoms with Crippen LogP contribution in [-0.2, 0) is 16.2 Å². The molecular formula is C18H19F3N2O5S. The zero-order valence-electron chi connectivity index (χ0n) is 16.0. The van der Waals surface area contributed by atoms with E-state index in [4.69, 9.17) is 9.47 Å². The first-order valence-corrected chi connectivity index (χ1v) is 9.92. The third-order valence-electron chi connectivity index (χ3n) is 4.05. The van der Waals surface area contributed by atoms with Crippen molar-refractivity contribution in [3.8, 4) is 11.5 Å². The van der Waals surface area contributed by atoms with Crippen molar-refractivity contribution in [1.82, 2.24) is 0 Å². The Morgan fingerprint density at radius 2 is 1.55 bits per heavy atom. The van der Waals surface area contributed by atoms with E-state index in [1.54, 1.807) is 0 Å². The predicted octanol–water partition coefficient (Wildman–Crippen LogP) is 3.37. The van der Waals surface area contributed by atoms with Crippen molar-refractivity contribution in [2.75, 3.05) is 37.1 Å². The van der Waals surface area contributed by atoms with Gasteiger partial charge in [-0.25, -0.2) is 8.42 Å². The number of amides is 1. The first-order valence-electron chi connectivity index (χ1n) is 8.07. The second kappa shape index (κ2) is 8.19. The summed E-state index contributed by atoms with van der Waals surface area (Å²) < 4.78 is 73.2. The molecule has 0 fully saturated rings. The van der Waals surface area contributed by atoms with Gasteiger partial charge in [-0.05, 0) is 30.3 Å². The molecule has 29 heavy (non-hydrogen) atoms. The highest BCUT2D eigenvalue weighted by atomic mass is 32.2. The summed E-state index contributed by atoms with van der Waals surface area (Å²) in [6, 6.07) is 6.46. The number of alkyl halides is 3. The number of benzene rings is 2. The molecule has 0 aromatic heterocycles. The molecule has 0 radical (unpaired) electrons. The lowest BCUT2D eigenvalue weighted by molar-refractivity contribution is -0.137. The van der Waals surface area contributed by atoms with Crippen molar-refractivity contribution >= 4 is 27.3 Å². The molecule has 7 nitrogen and oxygen atoms in total. The molecule has 0 aliphatic carbocycles. The fourth-order valence-corrected chi connectivity index (χ4v) is 2.94. The fourth-order valence-electron chi connectivity index (χ4n) is 2.43. The quantitative estimate of drug-likeness (QED) is 0.757. The van der Waals surface area contributed by atoms with E-state index in [1.165, 1.54) is 33.4 Å². The predicted molar refractivity (Wildman–Crippen MR) is 102 cm³/mol. The first kappa shape index (κ1) is 22.3. The van der Waals surface area contributed by atoms with Crippen LogP contribution in [0.5, 0.6) is 11.5 Å². The number of ether oxygens (including phenoxy) is 2. The van der Waals surface area contributed by atoms with Gasteiger partial charge in [-0.1, -0.05) is 0 Å². The molecule has 2 aromatic carbocycles. The molecule has 0 saturated carbocycles. The highest BCUT2D eigenvalue weighted by Gasteiger charge is 2.30. The number of nitrogens with one attached hydrogen (secondary N) is 1.